The molecular formula is C25H23ClFN5O3. The van der Waals surface area contributed by atoms with Crippen molar-refractivity contribution >= 4 is 23.1 Å². The van der Waals surface area contributed by atoms with Gasteiger partial charge in [0.2, 0.25) is 5.88 Å². The molecule has 1 aromatic carbocycles. The fraction of sp³-hybridized carbons (Fsp3) is 0.280. The molecule has 4 aromatic rings. The van der Waals surface area contributed by atoms with E-state index < -0.39 is 5.82 Å². The van der Waals surface area contributed by atoms with Crippen molar-refractivity contribution in [2.24, 2.45) is 0 Å². The molecule has 0 radical (unpaired) electrons. The number of nitrogens with zero attached hydrogens (tertiary/aromatic N) is 5. The molecule has 0 unspecified atom stereocenters. The quantitative estimate of drug-likeness (QED) is 0.420. The van der Waals surface area contributed by atoms with Crippen LogP contribution in [0.1, 0.15) is 22.9 Å². The molecule has 0 spiro atoms. The average molecular weight is 496 g/mol. The fourth-order valence-corrected chi connectivity index (χ4v) is 4.41. The highest BCUT2D eigenvalue weighted by Gasteiger charge is 2.28. The molecule has 3 aromatic heterocycles. The zero-order valence-electron chi connectivity index (χ0n) is 19.5. The van der Waals surface area contributed by atoms with Crippen molar-refractivity contribution in [3.05, 3.63) is 80.7 Å². The Balaban J connectivity index is 1.69. The average Bonchev–Trinajstić information content (AvgIpc) is 2.87. The van der Waals surface area contributed by atoms with E-state index in [1.54, 1.807) is 45.5 Å². The standard InChI is InChI=1S/C25H23ClFN5O3/c1-14-15(2)30-21-12-29-24(23(32(21)25(14)33)18-5-4-17(26)11-19(18)27)31-8-9-35-20(13-31)16-6-7-28-22(10-16)34-3/h4-7,10-12,20H,8-9,13H2,1-3H3/t20-/m0/s1. The molecule has 1 atom stereocenters. The van der Waals surface area contributed by atoms with Crippen LogP contribution in [0, 0.1) is 19.7 Å². The van der Waals surface area contributed by atoms with Gasteiger partial charge in [0.05, 0.1) is 19.9 Å². The third kappa shape index (κ3) is 4.21. The number of fused-ring (bicyclic) bond motifs is 1. The van der Waals surface area contributed by atoms with E-state index in [1.807, 2.05) is 17.0 Å². The van der Waals surface area contributed by atoms with Crippen LogP contribution in [0.2, 0.25) is 5.02 Å². The van der Waals surface area contributed by atoms with E-state index in [9.17, 15) is 4.79 Å². The van der Waals surface area contributed by atoms with Crippen LogP contribution in [-0.4, -0.2) is 46.2 Å². The van der Waals surface area contributed by atoms with Gasteiger partial charge in [0.25, 0.3) is 5.56 Å². The molecular weight excluding hydrogens is 473 g/mol. The number of methoxy groups -OCH3 is 1. The van der Waals surface area contributed by atoms with Crippen LogP contribution < -0.4 is 15.2 Å². The van der Waals surface area contributed by atoms with E-state index in [1.165, 1.54) is 10.5 Å². The Kier molecular flexibility index (Phi) is 6.12. The molecule has 8 nitrogen and oxygen atoms in total. The van der Waals surface area contributed by atoms with E-state index in [-0.39, 0.29) is 22.2 Å². The van der Waals surface area contributed by atoms with Gasteiger partial charge in [-0.15, -0.1) is 0 Å². The predicted octanol–water partition coefficient (Wildman–Crippen LogP) is 4.15. The summed E-state index contributed by atoms with van der Waals surface area (Å²) < 4.78 is 27.9. The summed E-state index contributed by atoms with van der Waals surface area (Å²) in [6.07, 6.45) is 2.91. The molecule has 0 amide bonds. The number of benzene rings is 1. The maximum Gasteiger partial charge on any atom is 0.261 e. The number of halogens is 2. The predicted molar refractivity (Wildman–Crippen MR) is 131 cm³/mol. The number of anilines is 1. The highest BCUT2D eigenvalue weighted by Crippen LogP contribution is 2.35. The third-order valence-electron chi connectivity index (χ3n) is 6.21. The van der Waals surface area contributed by atoms with Gasteiger partial charge in [-0.25, -0.2) is 19.3 Å². The van der Waals surface area contributed by atoms with E-state index in [0.29, 0.717) is 54.0 Å². The molecule has 0 saturated carbocycles. The van der Waals surface area contributed by atoms with Gasteiger partial charge in [-0.2, -0.15) is 0 Å². The van der Waals surface area contributed by atoms with Crippen LogP contribution >= 0.6 is 11.6 Å². The molecule has 5 rings (SSSR count). The smallest absolute Gasteiger partial charge is 0.261 e. The maximum atomic E-state index is 15.2. The number of hydrogen-bond donors (Lipinski definition) is 0. The molecule has 0 aliphatic carbocycles. The van der Waals surface area contributed by atoms with E-state index >= 15 is 4.39 Å². The van der Waals surface area contributed by atoms with Crippen LogP contribution in [0.5, 0.6) is 5.88 Å². The number of aryl methyl sites for hydroxylation is 1. The van der Waals surface area contributed by atoms with Gasteiger partial charge in [-0.1, -0.05) is 11.6 Å². The lowest BCUT2D eigenvalue weighted by Crippen LogP contribution is -2.40. The van der Waals surface area contributed by atoms with E-state index in [0.717, 1.165) is 5.56 Å². The lowest BCUT2D eigenvalue weighted by atomic mass is 10.1. The first kappa shape index (κ1) is 23.2. The first-order valence-electron chi connectivity index (χ1n) is 11.1. The molecule has 35 heavy (non-hydrogen) atoms. The summed E-state index contributed by atoms with van der Waals surface area (Å²) in [7, 11) is 1.56. The van der Waals surface area contributed by atoms with Crippen molar-refractivity contribution in [3.8, 4) is 17.1 Å². The summed E-state index contributed by atoms with van der Waals surface area (Å²) in [4.78, 5) is 28.7. The second kappa shape index (κ2) is 9.24. The molecule has 1 aliphatic heterocycles. The summed E-state index contributed by atoms with van der Waals surface area (Å²) in [5.41, 5.74) is 2.59. The molecule has 180 valence electrons. The Morgan fingerprint density at radius 1 is 1.20 bits per heavy atom. The van der Waals surface area contributed by atoms with Crippen LogP contribution in [0.15, 0.2) is 47.5 Å². The van der Waals surface area contributed by atoms with Crippen molar-refractivity contribution in [3.63, 3.8) is 0 Å². The largest absolute Gasteiger partial charge is 0.481 e. The number of morpholine rings is 1. The molecule has 0 N–H and O–H groups in total. The third-order valence-corrected chi connectivity index (χ3v) is 6.44. The first-order valence-corrected chi connectivity index (χ1v) is 11.5. The fourth-order valence-electron chi connectivity index (χ4n) is 4.25. The zero-order valence-corrected chi connectivity index (χ0v) is 20.2. The molecule has 1 saturated heterocycles. The van der Waals surface area contributed by atoms with Gasteiger partial charge in [0.1, 0.15) is 17.6 Å². The summed E-state index contributed by atoms with van der Waals surface area (Å²) in [5, 5.41) is 0.261. The number of aromatic nitrogens is 4. The van der Waals surface area contributed by atoms with Gasteiger partial charge in [-0.05, 0) is 43.7 Å². The minimum absolute atomic E-state index is 0.211. The topological polar surface area (TPSA) is 81.9 Å². The van der Waals surface area contributed by atoms with Crippen molar-refractivity contribution in [1.82, 2.24) is 19.4 Å². The van der Waals surface area contributed by atoms with Crippen molar-refractivity contribution < 1.29 is 13.9 Å². The molecule has 1 aliphatic rings. The van der Waals surface area contributed by atoms with Crippen molar-refractivity contribution in [2.75, 3.05) is 31.7 Å². The Hall–Kier alpha value is -3.56. The molecule has 0 bridgehead atoms. The number of pyridine rings is 1. The molecule has 4 heterocycles. The van der Waals surface area contributed by atoms with Gasteiger partial charge in [0.15, 0.2) is 11.5 Å². The van der Waals surface area contributed by atoms with Crippen LogP contribution in [0.25, 0.3) is 16.9 Å². The zero-order chi connectivity index (χ0) is 24.7. The van der Waals surface area contributed by atoms with Gasteiger partial charge < -0.3 is 14.4 Å². The minimum Gasteiger partial charge on any atom is -0.481 e. The van der Waals surface area contributed by atoms with E-state index in [2.05, 4.69) is 15.0 Å². The van der Waals surface area contributed by atoms with Gasteiger partial charge in [-0.3, -0.25) is 9.20 Å². The molecule has 10 heteroatoms. The number of hydrogen-bond acceptors (Lipinski definition) is 7. The van der Waals surface area contributed by atoms with Crippen LogP contribution in [-0.2, 0) is 4.74 Å². The SMILES string of the molecule is COc1cc([C@@H]2CN(c3ncc4nc(C)c(C)c(=O)n4c3-c3ccc(Cl)cc3F)CCO2)ccn1. The maximum absolute atomic E-state index is 15.2. The second-order valence-corrected chi connectivity index (χ2v) is 8.75. The van der Waals surface area contributed by atoms with Gasteiger partial charge >= 0.3 is 0 Å². The summed E-state index contributed by atoms with van der Waals surface area (Å²) >= 11 is 6.02. The van der Waals surface area contributed by atoms with Crippen molar-refractivity contribution in [2.45, 2.75) is 20.0 Å². The Morgan fingerprint density at radius 2 is 2.03 bits per heavy atom. The van der Waals surface area contributed by atoms with Crippen LogP contribution in [0.3, 0.4) is 0 Å². The highest BCUT2D eigenvalue weighted by molar-refractivity contribution is 6.30. The Morgan fingerprint density at radius 3 is 2.80 bits per heavy atom. The highest BCUT2D eigenvalue weighted by atomic mass is 35.5. The monoisotopic (exact) mass is 495 g/mol. The number of rotatable bonds is 4. The minimum atomic E-state index is -0.554. The van der Waals surface area contributed by atoms with Crippen molar-refractivity contribution in [1.29, 1.82) is 0 Å². The Bertz CT molecular complexity index is 1490. The number of ether oxygens (including phenoxy) is 2. The van der Waals surface area contributed by atoms with Crippen LogP contribution in [0.4, 0.5) is 10.2 Å². The summed E-state index contributed by atoms with van der Waals surface area (Å²) in [5.74, 6) is 0.390. The summed E-state index contributed by atoms with van der Waals surface area (Å²) in [6.45, 7) is 4.83. The Labute approximate surface area is 205 Å². The second-order valence-electron chi connectivity index (χ2n) is 8.31. The first-order chi connectivity index (χ1) is 16.9. The van der Waals surface area contributed by atoms with E-state index in [4.69, 9.17) is 21.1 Å². The lowest BCUT2D eigenvalue weighted by Gasteiger charge is -2.35. The van der Waals surface area contributed by atoms with Gasteiger partial charge in [0, 0.05) is 47.2 Å². The summed E-state index contributed by atoms with van der Waals surface area (Å²) in [6, 6.07) is 8.07. The lowest BCUT2D eigenvalue weighted by molar-refractivity contribution is 0.0393. The normalized spacial score (nSPS) is 16.0. The molecule has 1 fully saturated rings.